The van der Waals surface area contributed by atoms with Crippen LogP contribution in [0.15, 0.2) is 41.5 Å². The third-order valence-corrected chi connectivity index (χ3v) is 6.61. The summed E-state index contributed by atoms with van der Waals surface area (Å²) < 4.78 is 24.4. The second-order valence-corrected chi connectivity index (χ2v) is 9.46. The highest BCUT2D eigenvalue weighted by molar-refractivity contribution is 6.30. The summed E-state index contributed by atoms with van der Waals surface area (Å²) in [5, 5.41) is 4.97. The van der Waals surface area contributed by atoms with E-state index in [-0.39, 0.29) is 39.4 Å². The standard InChI is InChI=1S/C25H26ClFN6O2/c1-14(2)33-12-16(11-28-33)21-13-32(7-8-35-21)22-10-20-23(25(34)31(4)15(3)29-20)24(30-22)18-6-5-17(26)9-19(18)27/h5-6,9-12,14,21H,7-8,13H2,1-4H3/t21-/m0/s1. The Morgan fingerprint density at radius 3 is 2.74 bits per heavy atom. The van der Waals surface area contributed by atoms with E-state index in [1.165, 1.54) is 10.6 Å². The zero-order valence-corrected chi connectivity index (χ0v) is 20.8. The molecule has 1 fully saturated rings. The lowest BCUT2D eigenvalue weighted by atomic mass is 10.1. The molecule has 10 heteroatoms. The van der Waals surface area contributed by atoms with Crippen molar-refractivity contribution in [1.82, 2.24) is 24.3 Å². The van der Waals surface area contributed by atoms with Crippen LogP contribution in [0, 0.1) is 12.7 Å². The van der Waals surface area contributed by atoms with Gasteiger partial charge in [0, 0.05) is 54.6 Å². The van der Waals surface area contributed by atoms with E-state index in [9.17, 15) is 4.79 Å². The molecule has 0 saturated carbocycles. The molecule has 1 aliphatic heterocycles. The fourth-order valence-corrected chi connectivity index (χ4v) is 4.44. The Labute approximate surface area is 206 Å². The van der Waals surface area contributed by atoms with Gasteiger partial charge in [0.15, 0.2) is 0 Å². The van der Waals surface area contributed by atoms with E-state index in [0.29, 0.717) is 36.9 Å². The molecule has 1 saturated heterocycles. The lowest BCUT2D eigenvalue weighted by Gasteiger charge is -2.33. The van der Waals surface area contributed by atoms with E-state index in [0.717, 1.165) is 5.56 Å². The van der Waals surface area contributed by atoms with Crippen LogP contribution in [0.25, 0.3) is 22.2 Å². The molecule has 0 N–H and O–H groups in total. The maximum Gasteiger partial charge on any atom is 0.263 e. The molecule has 182 valence electrons. The number of hydrogen-bond acceptors (Lipinski definition) is 6. The van der Waals surface area contributed by atoms with Crippen LogP contribution < -0.4 is 10.5 Å². The van der Waals surface area contributed by atoms with Crippen LogP contribution in [-0.4, -0.2) is 44.0 Å². The molecule has 0 bridgehead atoms. The maximum absolute atomic E-state index is 15.0. The molecule has 35 heavy (non-hydrogen) atoms. The van der Waals surface area contributed by atoms with Crippen molar-refractivity contribution in [3.63, 3.8) is 0 Å². The Morgan fingerprint density at radius 2 is 2.03 bits per heavy atom. The first-order chi connectivity index (χ1) is 16.7. The van der Waals surface area contributed by atoms with Crippen LogP contribution in [0.2, 0.25) is 5.02 Å². The van der Waals surface area contributed by atoms with Gasteiger partial charge in [0.25, 0.3) is 5.56 Å². The van der Waals surface area contributed by atoms with Crippen molar-refractivity contribution in [1.29, 1.82) is 0 Å². The van der Waals surface area contributed by atoms with Gasteiger partial charge in [-0.3, -0.25) is 14.0 Å². The van der Waals surface area contributed by atoms with E-state index in [2.05, 4.69) is 28.8 Å². The third-order valence-electron chi connectivity index (χ3n) is 6.37. The zero-order valence-electron chi connectivity index (χ0n) is 20.0. The summed E-state index contributed by atoms with van der Waals surface area (Å²) in [5.41, 5.74) is 1.62. The SMILES string of the molecule is Cc1nc2cc(N3CCO[C@H](c4cnn(C(C)C)c4)C3)nc(-c3ccc(Cl)cc3F)c2c(=O)n1C. The molecular weight excluding hydrogens is 471 g/mol. The normalized spacial score (nSPS) is 16.4. The number of ether oxygens (including phenoxy) is 1. The first-order valence-electron chi connectivity index (χ1n) is 11.5. The number of aromatic nitrogens is 5. The van der Waals surface area contributed by atoms with Crippen molar-refractivity contribution < 1.29 is 9.13 Å². The molecule has 1 atom stereocenters. The topological polar surface area (TPSA) is 78.1 Å². The summed E-state index contributed by atoms with van der Waals surface area (Å²) in [7, 11) is 1.64. The molecule has 0 aliphatic carbocycles. The fourth-order valence-electron chi connectivity index (χ4n) is 4.28. The van der Waals surface area contributed by atoms with Crippen molar-refractivity contribution in [2.75, 3.05) is 24.6 Å². The van der Waals surface area contributed by atoms with Gasteiger partial charge in [-0.05, 0) is 39.0 Å². The van der Waals surface area contributed by atoms with Crippen LogP contribution in [0.1, 0.15) is 37.4 Å². The second kappa shape index (κ2) is 9.05. The Hall–Kier alpha value is -3.30. The number of benzene rings is 1. The lowest BCUT2D eigenvalue weighted by Crippen LogP contribution is -2.39. The van der Waals surface area contributed by atoms with Gasteiger partial charge in [-0.15, -0.1) is 0 Å². The highest BCUT2D eigenvalue weighted by Gasteiger charge is 2.26. The Bertz CT molecular complexity index is 1480. The molecular formula is C25H26ClFN6O2. The van der Waals surface area contributed by atoms with Crippen LogP contribution in [0.4, 0.5) is 10.2 Å². The largest absolute Gasteiger partial charge is 0.370 e. The number of nitrogens with zero attached hydrogens (tertiary/aromatic N) is 6. The first-order valence-corrected chi connectivity index (χ1v) is 11.8. The van der Waals surface area contributed by atoms with Crippen molar-refractivity contribution in [2.24, 2.45) is 7.05 Å². The lowest BCUT2D eigenvalue weighted by molar-refractivity contribution is 0.0394. The maximum atomic E-state index is 15.0. The summed E-state index contributed by atoms with van der Waals surface area (Å²) in [6, 6.07) is 6.40. The van der Waals surface area contributed by atoms with Crippen LogP contribution in [0.5, 0.6) is 0 Å². The zero-order chi connectivity index (χ0) is 24.9. The van der Waals surface area contributed by atoms with E-state index < -0.39 is 5.82 Å². The first kappa shape index (κ1) is 23.4. The van der Waals surface area contributed by atoms with Gasteiger partial charge in [-0.25, -0.2) is 14.4 Å². The highest BCUT2D eigenvalue weighted by atomic mass is 35.5. The van der Waals surface area contributed by atoms with Crippen LogP contribution >= 0.6 is 11.6 Å². The van der Waals surface area contributed by atoms with Gasteiger partial charge in [-0.2, -0.15) is 5.10 Å². The van der Waals surface area contributed by atoms with Gasteiger partial charge in [0.1, 0.15) is 23.6 Å². The molecule has 3 aromatic heterocycles. The summed E-state index contributed by atoms with van der Waals surface area (Å²) in [5.74, 6) is 0.613. The molecule has 5 rings (SSSR count). The van der Waals surface area contributed by atoms with Crippen molar-refractivity contribution in [3.05, 3.63) is 69.2 Å². The van der Waals surface area contributed by atoms with Crippen LogP contribution in [-0.2, 0) is 11.8 Å². The molecule has 8 nitrogen and oxygen atoms in total. The number of fused-ring (bicyclic) bond motifs is 1. The van der Waals surface area contributed by atoms with Crippen molar-refractivity contribution in [3.8, 4) is 11.3 Å². The molecule has 1 aromatic carbocycles. The molecule has 4 aromatic rings. The minimum atomic E-state index is -0.549. The van der Waals surface area contributed by atoms with Gasteiger partial charge >= 0.3 is 0 Å². The molecule has 0 unspecified atom stereocenters. The predicted molar refractivity (Wildman–Crippen MR) is 133 cm³/mol. The highest BCUT2D eigenvalue weighted by Crippen LogP contribution is 2.33. The Balaban J connectivity index is 1.62. The number of rotatable bonds is 4. The van der Waals surface area contributed by atoms with E-state index in [1.54, 1.807) is 32.2 Å². The smallest absolute Gasteiger partial charge is 0.263 e. The number of halogens is 2. The minimum Gasteiger partial charge on any atom is -0.370 e. The summed E-state index contributed by atoms with van der Waals surface area (Å²) in [4.78, 5) is 24.7. The number of morpholine rings is 1. The summed E-state index contributed by atoms with van der Waals surface area (Å²) in [6.45, 7) is 7.53. The molecule has 4 heterocycles. The van der Waals surface area contributed by atoms with E-state index >= 15 is 4.39 Å². The molecule has 0 amide bonds. The van der Waals surface area contributed by atoms with E-state index in [4.69, 9.17) is 21.3 Å². The number of anilines is 1. The number of hydrogen-bond donors (Lipinski definition) is 0. The quantitative estimate of drug-likeness (QED) is 0.415. The number of aryl methyl sites for hydroxylation is 1. The third kappa shape index (κ3) is 4.30. The van der Waals surface area contributed by atoms with Gasteiger partial charge in [-0.1, -0.05) is 11.6 Å². The van der Waals surface area contributed by atoms with Crippen molar-refractivity contribution in [2.45, 2.75) is 32.9 Å². The monoisotopic (exact) mass is 496 g/mol. The van der Waals surface area contributed by atoms with E-state index in [1.807, 2.05) is 17.1 Å². The average molecular weight is 497 g/mol. The second-order valence-electron chi connectivity index (χ2n) is 9.02. The van der Waals surface area contributed by atoms with Crippen LogP contribution in [0.3, 0.4) is 0 Å². The van der Waals surface area contributed by atoms with Gasteiger partial charge in [0.2, 0.25) is 0 Å². The van der Waals surface area contributed by atoms with Gasteiger partial charge in [0.05, 0.1) is 29.4 Å². The summed E-state index contributed by atoms with van der Waals surface area (Å²) in [6.07, 6.45) is 3.63. The average Bonchev–Trinajstić information content (AvgIpc) is 3.33. The fraction of sp³-hybridized carbons (Fsp3) is 0.360. The van der Waals surface area contributed by atoms with Crippen molar-refractivity contribution >= 4 is 28.3 Å². The predicted octanol–water partition coefficient (Wildman–Crippen LogP) is 4.45. The van der Waals surface area contributed by atoms with Gasteiger partial charge < -0.3 is 9.64 Å². The molecule has 0 spiro atoms. The molecule has 1 aliphatic rings. The number of pyridine rings is 1. The minimum absolute atomic E-state index is 0.192. The summed E-state index contributed by atoms with van der Waals surface area (Å²) >= 11 is 5.98. The Morgan fingerprint density at radius 1 is 1.23 bits per heavy atom. The molecule has 0 radical (unpaired) electrons. The Kier molecular flexibility index (Phi) is 6.06.